The average molecular weight is 315 g/mol. The number of aryl methyl sites for hydroxylation is 1. The summed E-state index contributed by atoms with van der Waals surface area (Å²) in [4.78, 5) is 4.94. The predicted molar refractivity (Wildman–Crippen MR) is 87.1 cm³/mol. The molecule has 0 aliphatic carbocycles. The molecule has 114 valence electrons. The molecular weight excluding hydrogens is 297 g/mol. The van der Waals surface area contributed by atoms with Gasteiger partial charge in [0, 0.05) is 22.8 Å². The highest BCUT2D eigenvalue weighted by Crippen LogP contribution is 2.20. The van der Waals surface area contributed by atoms with Gasteiger partial charge in [-0.25, -0.2) is 4.39 Å². The molecule has 0 amide bonds. The molecule has 2 heterocycles. The maximum absolute atomic E-state index is 13.1. The van der Waals surface area contributed by atoms with Crippen LogP contribution >= 0.6 is 11.3 Å². The molecule has 0 saturated carbocycles. The van der Waals surface area contributed by atoms with E-state index in [2.05, 4.69) is 24.0 Å². The van der Waals surface area contributed by atoms with Crippen LogP contribution in [0.5, 0.6) is 0 Å². The summed E-state index contributed by atoms with van der Waals surface area (Å²) in [5.74, 6) is 0.741. The van der Waals surface area contributed by atoms with Crippen LogP contribution in [0.2, 0.25) is 0 Å². The molecule has 2 nitrogen and oxygen atoms in total. The van der Waals surface area contributed by atoms with Gasteiger partial charge in [0.25, 0.3) is 0 Å². The SMILES string of the molecule is Cc1ccc(CN(Cc2ccc(F)cc2)Cc2ccco2)s1. The van der Waals surface area contributed by atoms with E-state index >= 15 is 0 Å². The lowest BCUT2D eigenvalue weighted by atomic mass is 10.2. The van der Waals surface area contributed by atoms with Gasteiger partial charge in [-0.3, -0.25) is 4.90 Å². The minimum Gasteiger partial charge on any atom is -0.468 e. The third-order valence-corrected chi connectivity index (χ3v) is 4.44. The standard InChI is InChI=1S/C18H18FNOS/c1-14-4-9-18(22-14)13-20(12-17-3-2-10-21-17)11-15-5-7-16(19)8-6-15/h2-10H,11-13H2,1H3. The van der Waals surface area contributed by atoms with Crippen LogP contribution in [0.3, 0.4) is 0 Å². The van der Waals surface area contributed by atoms with Crippen LogP contribution in [0, 0.1) is 12.7 Å². The molecule has 4 heteroatoms. The maximum atomic E-state index is 13.1. The molecule has 0 aliphatic heterocycles. The number of hydrogen-bond donors (Lipinski definition) is 0. The molecule has 0 fully saturated rings. The summed E-state index contributed by atoms with van der Waals surface area (Å²) in [5.41, 5.74) is 1.10. The summed E-state index contributed by atoms with van der Waals surface area (Å²) in [6.07, 6.45) is 1.70. The smallest absolute Gasteiger partial charge is 0.123 e. The molecule has 3 rings (SSSR count). The fourth-order valence-corrected chi connectivity index (χ4v) is 3.36. The van der Waals surface area contributed by atoms with Gasteiger partial charge in [-0.1, -0.05) is 12.1 Å². The summed E-state index contributed by atoms with van der Waals surface area (Å²) < 4.78 is 18.5. The van der Waals surface area contributed by atoms with Crippen LogP contribution in [-0.2, 0) is 19.6 Å². The fourth-order valence-electron chi connectivity index (χ4n) is 2.43. The minimum absolute atomic E-state index is 0.199. The van der Waals surface area contributed by atoms with Crippen LogP contribution in [0.1, 0.15) is 21.1 Å². The third-order valence-electron chi connectivity index (χ3n) is 3.45. The Morgan fingerprint density at radius 1 is 1.00 bits per heavy atom. The van der Waals surface area contributed by atoms with E-state index < -0.39 is 0 Å². The lowest BCUT2D eigenvalue weighted by molar-refractivity contribution is 0.229. The van der Waals surface area contributed by atoms with Gasteiger partial charge in [-0.05, 0) is 48.9 Å². The van der Waals surface area contributed by atoms with Gasteiger partial charge in [0.05, 0.1) is 12.8 Å². The Bertz CT molecular complexity index is 703. The normalized spacial score (nSPS) is 11.2. The molecule has 0 N–H and O–H groups in total. The van der Waals surface area contributed by atoms with Crippen molar-refractivity contribution in [1.82, 2.24) is 4.90 Å². The van der Waals surface area contributed by atoms with Gasteiger partial charge in [0.1, 0.15) is 11.6 Å². The van der Waals surface area contributed by atoms with E-state index in [4.69, 9.17) is 4.42 Å². The summed E-state index contributed by atoms with van der Waals surface area (Å²) in [7, 11) is 0. The largest absolute Gasteiger partial charge is 0.468 e. The first-order valence-electron chi connectivity index (χ1n) is 7.23. The van der Waals surface area contributed by atoms with Crippen LogP contribution in [0.15, 0.2) is 59.2 Å². The molecular formula is C18H18FNOS. The van der Waals surface area contributed by atoms with Crippen molar-refractivity contribution < 1.29 is 8.81 Å². The molecule has 2 aromatic heterocycles. The Morgan fingerprint density at radius 3 is 2.45 bits per heavy atom. The van der Waals surface area contributed by atoms with Gasteiger partial charge in [0.15, 0.2) is 0 Å². The number of hydrogen-bond acceptors (Lipinski definition) is 3. The highest BCUT2D eigenvalue weighted by atomic mass is 32.1. The lowest BCUT2D eigenvalue weighted by Crippen LogP contribution is -2.21. The zero-order valence-corrected chi connectivity index (χ0v) is 13.3. The first-order chi connectivity index (χ1) is 10.7. The summed E-state index contributed by atoms with van der Waals surface area (Å²) in [6, 6.07) is 14.9. The van der Waals surface area contributed by atoms with Gasteiger partial charge in [0.2, 0.25) is 0 Å². The molecule has 22 heavy (non-hydrogen) atoms. The second kappa shape index (κ2) is 6.90. The molecule has 0 atom stereocenters. The summed E-state index contributed by atoms with van der Waals surface area (Å²) in [6.45, 7) is 4.47. The Labute approximate surface area is 133 Å². The second-order valence-corrected chi connectivity index (χ2v) is 6.74. The first kappa shape index (κ1) is 15.0. The molecule has 0 radical (unpaired) electrons. The van der Waals surface area contributed by atoms with Crippen molar-refractivity contribution in [2.75, 3.05) is 0 Å². The van der Waals surface area contributed by atoms with Crippen molar-refractivity contribution in [1.29, 1.82) is 0 Å². The molecule has 0 spiro atoms. The van der Waals surface area contributed by atoms with Crippen molar-refractivity contribution >= 4 is 11.3 Å². The van der Waals surface area contributed by atoms with E-state index in [0.29, 0.717) is 0 Å². The Kier molecular flexibility index (Phi) is 4.71. The van der Waals surface area contributed by atoms with E-state index in [1.54, 1.807) is 6.26 Å². The number of halogens is 1. The van der Waals surface area contributed by atoms with Crippen molar-refractivity contribution in [3.05, 3.63) is 81.7 Å². The van der Waals surface area contributed by atoms with Crippen LogP contribution in [-0.4, -0.2) is 4.90 Å². The van der Waals surface area contributed by atoms with E-state index in [1.807, 2.05) is 35.6 Å². The van der Waals surface area contributed by atoms with E-state index in [1.165, 1.54) is 21.9 Å². The number of benzene rings is 1. The van der Waals surface area contributed by atoms with Gasteiger partial charge in [-0.2, -0.15) is 0 Å². The molecule has 3 aromatic rings. The molecule has 1 aromatic carbocycles. The Balaban J connectivity index is 1.74. The van der Waals surface area contributed by atoms with Crippen molar-refractivity contribution in [2.24, 2.45) is 0 Å². The van der Waals surface area contributed by atoms with Gasteiger partial charge < -0.3 is 4.42 Å². The Hall–Kier alpha value is -1.91. The van der Waals surface area contributed by atoms with Gasteiger partial charge >= 0.3 is 0 Å². The highest BCUT2D eigenvalue weighted by Gasteiger charge is 2.11. The molecule has 0 aliphatic rings. The van der Waals surface area contributed by atoms with Crippen LogP contribution < -0.4 is 0 Å². The number of rotatable bonds is 6. The minimum atomic E-state index is -0.199. The first-order valence-corrected chi connectivity index (χ1v) is 8.05. The molecule has 0 saturated heterocycles. The molecule has 0 unspecified atom stereocenters. The van der Waals surface area contributed by atoms with Crippen molar-refractivity contribution in [2.45, 2.75) is 26.6 Å². The van der Waals surface area contributed by atoms with Crippen LogP contribution in [0.4, 0.5) is 4.39 Å². The lowest BCUT2D eigenvalue weighted by Gasteiger charge is -2.20. The third kappa shape index (κ3) is 4.06. The van der Waals surface area contributed by atoms with Crippen molar-refractivity contribution in [3.8, 4) is 0 Å². The Morgan fingerprint density at radius 2 is 1.82 bits per heavy atom. The highest BCUT2D eigenvalue weighted by molar-refractivity contribution is 7.11. The van der Waals surface area contributed by atoms with E-state index in [9.17, 15) is 4.39 Å². The number of thiophene rings is 1. The van der Waals surface area contributed by atoms with Gasteiger partial charge in [-0.15, -0.1) is 11.3 Å². The predicted octanol–water partition coefficient (Wildman–Crippen LogP) is 4.99. The molecule has 0 bridgehead atoms. The zero-order valence-electron chi connectivity index (χ0n) is 12.5. The quantitative estimate of drug-likeness (QED) is 0.637. The fraction of sp³-hybridized carbons (Fsp3) is 0.222. The summed E-state index contributed by atoms with van der Waals surface area (Å²) >= 11 is 1.81. The number of furan rings is 1. The van der Waals surface area contributed by atoms with E-state index in [0.717, 1.165) is 31.0 Å². The maximum Gasteiger partial charge on any atom is 0.123 e. The summed E-state index contributed by atoms with van der Waals surface area (Å²) in [5, 5.41) is 0. The van der Waals surface area contributed by atoms with E-state index in [-0.39, 0.29) is 5.82 Å². The zero-order chi connectivity index (χ0) is 15.4. The monoisotopic (exact) mass is 315 g/mol. The van der Waals surface area contributed by atoms with Crippen molar-refractivity contribution in [3.63, 3.8) is 0 Å². The second-order valence-electron chi connectivity index (χ2n) is 5.36. The average Bonchev–Trinajstić information content (AvgIpc) is 3.13. The number of nitrogens with zero attached hydrogens (tertiary/aromatic N) is 1. The van der Waals surface area contributed by atoms with Crippen LogP contribution in [0.25, 0.3) is 0 Å². The topological polar surface area (TPSA) is 16.4 Å².